The zero-order chi connectivity index (χ0) is 21.9. The Morgan fingerprint density at radius 1 is 0.906 bits per heavy atom. The number of para-hydroxylation sites is 3. The average Bonchev–Trinajstić information content (AvgIpc) is 3.23. The Bertz CT molecular complexity index is 1410. The fourth-order valence-corrected chi connectivity index (χ4v) is 4.10. The molecular weight excluding hydrogens is 429 g/mol. The van der Waals surface area contributed by atoms with E-state index < -0.39 is 0 Å². The molecule has 0 saturated heterocycles. The normalized spacial score (nSPS) is 11.3. The van der Waals surface area contributed by atoms with E-state index in [9.17, 15) is 9.18 Å². The maximum absolute atomic E-state index is 13.4. The number of halogens is 1. The predicted molar refractivity (Wildman–Crippen MR) is 123 cm³/mol. The van der Waals surface area contributed by atoms with Gasteiger partial charge in [0.05, 0.1) is 12.0 Å². The Labute approximate surface area is 186 Å². The maximum Gasteiger partial charge on any atom is 0.256 e. The number of thioether (sulfide) groups is 1. The Kier molecular flexibility index (Phi) is 5.64. The molecule has 0 unspecified atom stereocenters. The topological polar surface area (TPSA) is 65.5 Å². The first-order valence-corrected chi connectivity index (χ1v) is 11.1. The van der Waals surface area contributed by atoms with E-state index in [4.69, 9.17) is 13.6 Å². The second-order valence-electron chi connectivity index (χ2n) is 7.09. The van der Waals surface area contributed by atoms with Gasteiger partial charge in [-0.15, -0.1) is 0 Å². The number of hydrogen-bond acceptors (Lipinski definition) is 6. The molecule has 0 fully saturated rings. The predicted octanol–water partition coefficient (Wildman–Crippen LogP) is 6.30. The maximum atomic E-state index is 13.4. The quantitative estimate of drug-likeness (QED) is 0.215. The van der Waals surface area contributed by atoms with E-state index in [2.05, 4.69) is 4.98 Å². The van der Waals surface area contributed by atoms with Crippen molar-refractivity contribution in [3.05, 3.63) is 88.8 Å². The van der Waals surface area contributed by atoms with Crippen LogP contribution < -0.4 is 10.2 Å². The summed E-state index contributed by atoms with van der Waals surface area (Å²) >= 11 is 1.49. The summed E-state index contributed by atoms with van der Waals surface area (Å²) in [5.41, 5.74) is 2.35. The van der Waals surface area contributed by atoms with Crippen molar-refractivity contribution in [2.45, 2.75) is 11.6 Å². The number of rotatable bonds is 7. The van der Waals surface area contributed by atoms with Gasteiger partial charge in [0.2, 0.25) is 11.2 Å². The minimum Gasteiger partial charge on any atom is -0.486 e. The van der Waals surface area contributed by atoms with Crippen LogP contribution in [0.2, 0.25) is 0 Å². The van der Waals surface area contributed by atoms with E-state index >= 15 is 0 Å². The number of hydrogen-bond donors (Lipinski definition) is 0. The molecule has 0 N–H and O–H groups in total. The molecular formula is C25H18FNO4S. The molecule has 0 aliphatic heterocycles. The second kappa shape index (κ2) is 8.88. The first-order chi connectivity index (χ1) is 15.7. The standard InChI is InChI=1S/C25H18FNO4S/c26-17-12-10-16(11-13-17)23-24(22(28)18-6-1-3-8-20(18)30-23)29-14-5-15-32-25-27-19-7-2-4-9-21(19)31-25/h1-4,6-13H,5,14-15H2. The lowest BCUT2D eigenvalue weighted by atomic mass is 10.1. The molecule has 5 nitrogen and oxygen atoms in total. The molecule has 0 saturated carbocycles. The lowest BCUT2D eigenvalue weighted by Gasteiger charge is -2.11. The van der Waals surface area contributed by atoms with Gasteiger partial charge in [0.25, 0.3) is 5.22 Å². The minimum atomic E-state index is -0.365. The summed E-state index contributed by atoms with van der Waals surface area (Å²) in [7, 11) is 0. The third-order valence-electron chi connectivity index (χ3n) is 4.90. The number of aromatic nitrogens is 1. The monoisotopic (exact) mass is 447 g/mol. The lowest BCUT2D eigenvalue weighted by Crippen LogP contribution is -2.11. The molecule has 32 heavy (non-hydrogen) atoms. The van der Waals surface area contributed by atoms with Crippen molar-refractivity contribution in [1.82, 2.24) is 4.98 Å². The number of nitrogens with zero attached hydrogens (tertiary/aromatic N) is 1. The Morgan fingerprint density at radius 2 is 1.66 bits per heavy atom. The molecule has 7 heteroatoms. The number of fused-ring (bicyclic) bond motifs is 2. The smallest absolute Gasteiger partial charge is 0.256 e. The molecule has 0 radical (unpaired) electrons. The van der Waals surface area contributed by atoms with Crippen LogP contribution in [0, 0.1) is 5.82 Å². The van der Waals surface area contributed by atoms with Crippen LogP contribution in [0.15, 0.2) is 91.6 Å². The number of benzene rings is 3. The second-order valence-corrected chi connectivity index (χ2v) is 8.14. The summed E-state index contributed by atoms with van der Waals surface area (Å²) < 4.78 is 31.0. The highest BCUT2D eigenvalue weighted by Crippen LogP contribution is 2.31. The van der Waals surface area contributed by atoms with E-state index in [-0.39, 0.29) is 17.0 Å². The van der Waals surface area contributed by atoms with Crippen LogP contribution in [0.25, 0.3) is 33.4 Å². The zero-order valence-electron chi connectivity index (χ0n) is 16.9. The molecule has 0 amide bonds. The molecule has 0 aliphatic carbocycles. The Morgan fingerprint density at radius 3 is 2.47 bits per heavy atom. The lowest BCUT2D eigenvalue weighted by molar-refractivity contribution is 0.310. The van der Waals surface area contributed by atoms with Crippen molar-refractivity contribution in [2.75, 3.05) is 12.4 Å². The van der Waals surface area contributed by atoms with Crippen LogP contribution in [0.4, 0.5) is 4.39 Å². The van der Waals surface area contributed by atoms with Gasteiger partial charge < -0.3 is 13.6 Å². The van der Waals surface area contributed by atoms with Gasteiger partial charge in [0, 0.05) is 11.3 Å². The van der Waals surface area contributed by atoms with Crippen LogP contribution in [-0.2, 0) is 0 Å². The molecule has 160 valence electrons. The molecule has 3 aromatic carbocycles. The van der Waals surface area contributed by atoms with E-state index in [1.807, 2.05) is 24.3 Å². The fraction of sp³-hybridized carbons (Fsp3) is 0.120. The summed E-state index contributed by atoms with van der Waals surface area (Å²) in [4.78, 5) is 17.5. The fourth-order valence-electron chi connectivity index (χ4n) is 3.35. The van der Waals surface area contributed by atoms with E-state index in [1.165, 1.54) is 23.9 Å². The molecule has 0 spiro atoms. The summed E-state index contributed by atoms with van der Waals surface area (Å²) in [6, 6.07) is 20.4. The highest BCUT2D eigenvalue weighted by atomic mass is 32.2. The third kappa shape index (κ3) is 4.11. The molecule has 5 aromatic rings. The van der Waals surface area contributed by atoms with Crippen molar-refractivity contribution < 1.29 is 18.0 Å². The Balaban J connectivity index is 1.33. The van der Waals surface area contributed by atoms with Crippen LogP contribution in [0.3, 0.4) is 0 Å². The first kappa shape index (κ1) is 20.3. The minimum absolute atomic E-state index is 0.127. The van der Waals surface area contributed by atoms with Crippen LogP contribution in [0.5, 0.6) is 5.75 Å². The van der Waals surface area contributed by atoms with Gasteiger partial charge >= 0.3 is 0 Å². The van der Waals surface area contributed by atoms with Crippen molar-refractivity contribution >= 4 is 33.8 Å². The van der Waals surface area contributed by atoms with Gasteiger partial charge in [0.15, 0.2) is 11.3 Å². The van der Waals surface area contributed by atoms with Gasteiger partial charge in [-0.1, -0.05) is 36.0 Å². The number of oxazole rings is 1. The van der Waals surface area contributed by atoms with Gasteiger partial charge in [-0.3, -0.25) is 4.79 Å². The highest BCUT2D eigenvalue weighted by molar-refractivity contribution is 7.99. The average molecular weight is 447 g/mol. The van der Waals surface area contributed by atoms with Gasteiger partial charge in [-0.05, 0) is 55.0 Å². The van der Waals surface area contributed by atoms with Gasteiger partial charge in [-0.25, -0.2) is 9.37 Å². The Hall–Kier alpha value is -3.58. The molecule has 5 rings (SSSR count). The molecule has 0 atom stereocenters. The zero-order valence-corrected chi connectivity index (χ0v) is 17.7. The summed E-state index contributed by atoms with van der Waals surface area (Å²) in [5, 5.41) is 1.04. The summed E-state index contributed by atoms with van der Waals surface area (Å²) in [5.74, 6) is 0.760. The molecule has 2 aromatic heterocycles. The number of ether oxygens (including phenoxy) is 1. The largest absolute Gasteiger partial charge is 0.486 e. The molecule has 2 heterocycles. The van der Waals surface area contributed by atoms with Gasteiger partial charge in [-0.2, -0.15) is 0 Å². The van der Waals surface area contributed by atoms with Crippen molar-refractivity contribution in [2.24, 2.45) is 0 Å². The third-order valence-corrected chi connectivity index (χ3v) is 5.81. The molecule has 0 bridgehead atoms. The summed E-state index contributed by atoms with van der Waals surface area (Å²) in [6.07, 6.45) is 0.665. The van der Waals surface area contributed by atoms with E-state index in [0.29, 0.717) is 46.3 Å². The van der Waals surface area contributed by atoms with Crippen molar-refractivity contribution in [3.8, 4) is 17.1 Å². The SMILES string of the molecule is O=c1c(OCCCSc2nc3ccccc3o2)c(-c2ccc(F)cc2)oc2ccccc12. The van der Waals surface area contributed by atoms with Crippen LogP contribution >= 0.6 is 11.8 Å². The summed E-state index contributed by atoms with van der Waals surface area (Å²) in [6.45, 7) is 0.310. The first-order valence-electron chi connectivity index (χ1n) is 10.1. The van der Waals surface area contributed by atoms with E-state index in [1.54, 1.807) is 36.4 Å². The highest BCUT2D eigenvalue weighted by Gasteiger charge is 2.17. The van der Waals surface area contributed by atoms with Crippen molar-refractivity contribution in [1.29, 1.82) is 0 Å². The van der Waals surface area contributed by atoms with Crippen molar-refractivity contribution in [3.63, 3.8) is 0 Å². The van der Waals surface area contributed by atoms with Crippen LogP contribution in [-0.4, -0.2) is 17.3 Å². The molecule has 0 aliphatic rings. The van der Waals surface area contributed by atoms with E-state index in [0.717, 1.165) is 11.1 Å². The van der Waals surface area contributed by atoms with Gasteiger partial charge in [0.1, 0.15) is 16.9 Å². The van der Waals surface area contributed by atoms with Crippen LogP contribution in [0.1, 0.15) is 6.42 Å².